The molecule has 5 aromatic rings. The lowest BCUT2D eigenvalue weighted by atomic mass is 10.2. The average Bonchev–Trinajstić information content (AvgIpc) is 3.46. The molecule has 12 nitrogen and oxygen atoms in total. The van der Waals surface area contributed by atoms with E-state index in [4.69, 9.17) is 4.98 Å². The van der Waals surface area contributed by atoms with E-state index in [0.29, 0.717) is 28.8 Å². The van der Waals surface area contributed by atoms with E-state index < -0.39 is 0 Å². The molecule has 0 amide bonds. The number of hydrogen-bond acceptors (Lipinski definition) is 8. The first-order chi connectivity index (χ1) is 20.7. The van der Waals surface area contributed by atoms with E-state index in [1.165, 1.54) is 32.7 Å². The smallest absolute Gasteiger partial charge is 0.278 e. The standard InChI is InChI=1S/C31H38N10O2/c1-7-12-39-30(43)24-18-32-31(34-29(24)41(39)27-10-11-28(42)40(35-27)21(4)5)33-22-8-9-23-25(17-22)36(6)19-26(23)38-15-13-37(14-16-38)20(2)3/h7-11,17-21H,1,12-16H2,2-6H3,(H,32,33,34). The summed E-state index contributed by atoms with van der Waals surface area (Å²) < 4.78 is 6.65. The number of allylic oxidation sites excluding steroid dienone is 1. The quantitative estimate of drug-likeness (QED) is 0.276. The van der Waals surface area contributed by atoms with Gasteiger partial charge in [0, 0.05) is 68.8 Å². The van der Waals surface area contributed by atoms with Crippen molar-refractivity contribution in [3.05, 3.63) is 76.1 Å². The highest BCUT2D eigenvalue weighted by molar-refractivity contribution is 5.95. The first kappa shape index (κ1) is 28.4. The third-order valence-corrected chi connectivity index (χ3v) is 8.11. The van der Waals surface area contributed by atoms with E-state index in [9.17, 15) is 9.59 Å². The molecule has 12 heteroatoms. The highest BCUT2D eigenvalue weighted by Crippen LogP contribution is 2.32. The fourth-order valence-electron chi connectivity index (χ4n) is 5.81. The molecule has 1 saturated heterocycles. The number of benzene rings is 1. The van der Waals surface area contributed by atoms with Crippen LogP contribution < -0.4 is 21.3 Å². The lowest BCUT2D eigenvalue weighted by molar-refractivity contribution is 0.209. The number of piperazine rings is 1. The topological polar surface area (TPSA) is 111 Å². The van der Waals surface area contributed by atoms with Crippen LogP contribution in [0.15, 0.2) is 65.0 Å². The minimum Gasteiger partial charge on any atom is -0.367 e. The summed E-state index contributed by atoms with van der Waals surface area (Å²) in [5.74, 6) is 0.742. The maximum Gasteiger partial charge on any atom is 0.278 e. The van der Waals surface area contributed by atoms with Gasteiger partial charge in [0.25, 0.3) is 11.1 Å². The minimum atomic E-state index is -0.266. The third kappa shape index (κ3) is 5.11. The second kappa shape index (κ2) is 11.2. The summed E-state index contributed by atoms with van der Waals surface area (Å²) in [4.78, 5) is 39.9. The zero-order valence-electron chi connectivity index (χ0n) is 25.4. The number of hydrogen-bond donors (Lipinski definition) is 1. The van der Waals surface area contributed by atoms with Crippen molar-refractivity contribution in [3.63, 3.8) is 0 Å². The molecule has 0 bridgehead atoms. The number of fused-ring (bicyclic) bond motifs is 2. The van der Waals surface area contributed by atoms with Crippen molar-refractivity contribution in [1.29, 1.82) is 0 Å². The Balaban J connectivity index is 1.36. The molecule has 0 aliphatic carbocycles. The molecule has 0 unspecified atom stereocenters. The van der Waals surface area contributed by atoms with E-state index in [1.54, 1.807) is 16.8 Å². The average molecular weight is 583 g/mol. The molecule has 0 atom stereocenters. The van der Waals surface area contributed by atoms with Gasteiger partial charge in [-0.1, -0.05) is 6.08 Å². The molecule has 0 saturated carbocycles. The summed E-state index contributed by atoms with van der Waals surface area (Å²) in [7, 11) is 2.06. The van der Waals surface area contributed by atoms with Crippen molar-refractivity contribution >= 4 is 39.3 Å². The van der Waals surface area contributed by atoms with Crippen LogP contribution in [0.2, 0.25) is 0 Å². The van der Waals surface area contributed by atoms with E-state index in [0.717, 1.165) is 37.4 Å². The van der Waals surface area contributed by atoms with Gasteiger partial charge in [-0.2, -0.15) is 4.98 Å². The highest BCUT2D eigenvalue weighted by Gasteiger charge is 2.22. The van der Waals surface area contributed by atoms with Crippen LogP contribution in [0.1, 0.15) is 33.7 Å². The molecule has 1 aliphatic heterocycles. The molecule has 43 heavy (non-hydrogen) atoms. The molecule has 1 fully saturated rings. The maximum absolute atomic E-state index is 13.3. The van der Waals surface area contributed by atoms with E-state index in [1.807, 2.05) is 19.9 Å². The van der Waals surface area contributed by atoms with Gasteiger partial charge < -0.3 is 14.8 Å². The van der Waals surface area contributed by atoms with Crippen LogP contribution in [0.4, 0.5) is 17.3 Å². The molecule has 1 aromatic carbocycles. The van der Waals surface area contributed by atoms with Crippen LogP contribution >= 0.6 is 0 Å². The normalized spacial score (nSPS) is 14.4. The lowest BCUT2D eigenvalue weighted by Crippen LogP contribution is -2.48. The van der Waals surface area contributed by atoms with Gasteiger partial charge in [-0.25, -0.2) is 19.0 Å². The Morgan fingerprint density at radius 3 is 2.47 bits per heavy atom. The van der Waals surface area contributed by atoms with Gasteiger partial charge in [0.15, 0.2) is 11.5 Å². The Morgan fingerprint density at radius 2 is 1.77 bits per heavy atom. The van der Waals surface area contributed by atoms with Gasteiger partial charge in [0.05, 0.1) is 23.8 Å². The molecule has 0 radical (unpaired) electrons. The molecular weight excluding hydrogens is 544 g/mol. The Labute approximate surface area is 249 Å². The second-order valence-corrected chi connectivity index (χ2v) is 11.6. The number of aromatic nitrogens is 7. The largest absolute Gasteiger partial charge is 0.367 e. The van der Waals surface area contributed by atoms with Crippen molar-refractivity contribution in [3.8, 4) is 5.82 Å². The highest BCUT2D eigenvalue weighted by atomic mass is 16.1. The van der Waals surface area contributed by atoms with Crippen LogP contribution in [0.5, 0.6) is 0 Å². The Hall–Kier alpha value is -4.71. The van der Waals surface area contributed by atoms with Gasteiger partial charge in [-0.05, 0) is 52.0 Å². The van der Waals surface area contributed by atoms with Gasteiger partial charge in [-0.3, -0.25) is 14.5 Å². The first-order valence-corrected chi connectivity index (χ1v) is 14.7. The zero-order valence-corrected chi connectivity index (χ0v) is 25.4. The summed E-state index contributed by atoms with van der Waals surface area (Å²) in [6.45, 7) is 16.4. The van der Waals surface area contributed by atoms with Crippen LogP contribution in [0, 0.1) is 0 Å². The van der Waals surface area contributed by atoms with E-state index >= 15 is 0 Å². The van der Waals surface area contributed by atoms with Crippen molar-refractivity contribution in [2.24, 2.45) is 7.05 Å². The fourth-order valence-corrected chi connectivity index (χ4v) is 5.81. The number of nitrogens with one attached hydrogen (secondary N) is 1. The molecule has 5 heterocycles. The fraction of sp³-hybridized carbons (Fsp3) is 0.387. The molecule has 1 N–H and O–H groups in total. The van der Waals surface area contributed by atoms with Crippen LogP contribution in [0.3, 0.4) is 0 Å². The predicted octanol–water partition coefficient (Wildman–Crippen LogP) is 3.67. The summed E-state index contributed by atoms with van der Waals surface area (Å²) in [5.41, 5.74) is 3.07. The number of nitrogens with zero attached hydrogens (tertiary/aromatic N) is 9. The SMILES string of the molecule is C=CCn1c(=O)c2cnc(Nc3ccc4c(N5CCN(C(C)C)CC5)cn(C)c4c3)nc2n1-c1ccc(=O)n(C(C)C)n1. The summed E-state index contributed by atoms with van der Waals surface area (Å²) >= 11 is 0. The summed E-state index contributed by atoms with van der Waals surface area (Å²) in [5, 5.41) is 9.41. The maximum atomic E-state index is 13.3. The van der Waals surface area contributed by atoms with Crippen LogP contribution in [-0.4, -0.2) is 70.8 Å². The van der Waals surface area contributed by atoms with Crippen molar-refractivity contribution in [2.45, 2.75) is 46.3 Å². The molecule has 4 aromatic heterocycles. The lowest BCUT2D eigenvalue weighted by Gasteiger charge is -2.37. The Kier molecular flexibility index (Phi) is 7.38. The van der Waals surface area contributed by atoms with Crippen molar-refractivity contribution in [2.75, 3.05) is 36.4 Å². The molecule has 6 rings (SSSR count). The van der Waals surface area contributed by atoms with Gasteiger partial charge in [0.1, 0.15) is 5.39 Å². The molecule has 1 aliphatic rings. The van der Waals surface area contributed by atoms with Crippen LogP contribution in [-0.2, 0) is 13.6 Å². The predicted molar refractivity (Wildman–Crippen MR) is 171 cm³/mol. The van der Waals surface area contributed by atoms with Crippen molar-refractivity contribution < 1.29 is 0 Å². The molecule has 224 valence electrons. The van der Waals surface area contributed by atoms with Crippen molar-refractivity contribution in [1.82, 2.24) is 38.6 Å². The second-order valence-electron chi connectivity index (χ2n) is 11.6. The molecular formula is C31H38N10O2. The number of aryl methyl sites for hydroxylation is 1. The monoisotopic (exact) mass is 582 g/mol. The zero-order chi connectivity index (χ0) is 30.4. The summed E-state index contributed by atoms with van der Waals surface area (Å²) in [6, 6.07) is 9.70. The van der Waals surface area contributed by atoms with Gasteiger partial charge >= 0.3 is 0 Å². The minimum absolute atomic E-state index is 0.154. The number of anilines is 3. The van der Waals surface area contributed by atoms with E-state index in [-0.39, 0.29) is 23.7 Å². The van der Waals surface area contributed by atoms with Crippen LogP contribution in [0.25, 0.3) is 27.8 Å². The molecule has 0 spiro atoms. The third-order valence-electron chi connectivity index (χ3n) is 8.11. The first-order valence-electron chi connectivity index (χ1n) is 14.7. The Bertz CT molecular complexity index is 1940. The van der Waals surface area contributed by atoms with Gasteiger partial charge in [0.2, 0.25) is 5.95 Å². The van der Waals surface area contributed by atoms with E-state index in [2.05, 4.69) is 75.6 Å². The van der Waals surface area contributed by atoms with Gasteiger partial charge in [-0.15, -0.1) is 11.7 Å². The summed E-state index contributed by atoms with van der Waals surface area (Å²) in [6.07, 6.45) is 5.36. The number of rotatable bonds is 8. The Morgan fingerprint density at radius 1 is 1.00 bits per heavy atom.